The predicted molar refractivity (Wildman–Crippen MR) is 380 cm³/mol. The van der Waals surface area contributed by atoms with E-state index in [9.17, 15) is 9.90 Å². The molecular formula is C80H87BrClN5O8. The fourth-order valence-electron chi connectivity index (χ4n) is 15.0. The summed E-state index contributed by atoms with van der Waals surface area (Å²) in [5, 5.41) is 33.1. The summed E-state index contributed by atoms with van der Waals surface area (Å²) in [6.07, 6.45) is 15.4. The molecule has 1 unspecified atom stereocenters. The van der Waals surface area contributed by atoms with Crippen molar-refractivity contribution in [3.8, 4) is 29.4 Å². The molecule has 15 heteroatoms. The first-order valence-electron chi connectivity index (χ1n) is 33.0. The molecule has 13 nitrogen and oxygen atoms in total. The van der Waals surface area contributed by atoms with Gasteiger partial charge in [-0.2, -0.15) is 10.5 Å². The zero-order chi connectivity index (χ0) is 66.2. The molecule has 1 saturated heterocycles. The van der Waals surface area contributed by atoms with Gasteiger partial charge in [0.1, 0.15) is 61.3 Å². The normalized spacial score (nSPS) is 24.1. The third-order valence-electron chi connectivity index (χ3n) is 20.8. The number of aliphatic hydroxyl groups excluding tert-OH is 1. The second-order valence-electron chi connectivity index (χ2n) is 27.8. The quantitative estimate of drug-likeness (QED) is 0.161. The van der Waals surface area contributed by atoms with Crippen LogP contribution < -0.4 is 19.5 Å². The minimum absolute atomic E-state index is 0. The monoisotopic (exact) mass is 1360 g/mol. The molecule has 0 amide bonds. The van der Waals surface area contributed by atoms with Crippen molar-refractivity contribution in [2.75, 3.05) is 31.7 Å². The van der Waals surface area contributed by atoms with Crippen LogP contribution in [-0.4, -0.2) is 73.7 Å². The van der Waals surface area contributed by atoms with E-state index in [1.165, 1.54) is 69.0 Å². The summed E-state index contributed by atoms with van der Waals surface area (Å²) < 4.78 is 37.6. The summed E-state index contributed by atoms with van der Waals surface area (Å²) in [6.45, 7) is 17.9. The number of nitriles is 2. The molecule has 8 aliphatic rings. The Balaban J connectivity index is 0.000000129. The van der Waals surface area contributed by atoms with E-state index in [0.29, 0.717) is 42.4 Å². The van der Waals surface area contributed by atoms with Crippen LogP contribution in [0.2, 0.25) is 5.02 Å². The summed E-state index contributed by atoms with van der Waals surface area (Å²) in [4.78, 5) is 21.0. The van der Waals surface area contributed by atoms with Crippen LogP contribution in [-0.2, 0) is 66.3 Å². The molecule has 15 rings (SSSR count). The number of ether oxygens (including phenoxy) is 6. The van der Waals surface area contributed by atoms with E-state index in [1.54, 1.807) is 30.3 Å². The number of aryl methyl sites for hydroxylation is 7. The average Bonchev–Trinajstić information content (AvgIpc) is 1.66. The molecule has 494 valence electrons. The summed E-state index contributed by atoms with van der Waals surface area (Å²) >= 11 is 9.71. The predicted octanol–water partition coefficient (Wildman–Crippen LogP) is 17.7. The van der Waals surface area contributed by atoms with Gasteiger partial charge in [-0.05, 0) is 237 Å². The van der Waals surface area contributed by atoms with Crippen molar-refractivity contribution in [1.29, 1.82) is 10.5 Å². The van der Waals surface area contributed by atoms with E-state index in [0.717, 1.165) is 109 Å². The Labute approximate surface area is 574 Å². The standard InChI is InChI=1S/C20H27ClO4.C20H20N2O2.C20H18N2O.C19H18BrNO.CH4/c1-13(22)23-12-20(17-24-18(2,3)19(4,5)25-17)10-6-7-14-11-15(21)8-9-16(14)20;1-13-4-6-16-15(9-13)3-2-8-20(16)12-24-18-7-5-14(11-21)10-17(18)22-19(20)23;1-14-4-6-17-16(9-14)3-2-8-20(17)12-22-18-10-15(11-21)5-7-19(18)23-13-20;1-13-4-6-16-14(9-13)3-2-8-19(16)11-21-17-10-15(20)5-7-18(17)22-12-19;/h8-9,11,17H,6-7,10,12H2,1-5H3;4-7,9-10,19,22-23H,2-3,8,12H2,1H3;4-7,9-10,12H,2-3,8,13H2,1H3;4-7,9-11H,2-3,8,12H2,1H3;1H4/t20-;19?,20-;20-;19-;/m0000./s1. The first kappa shape index (κ1) is 68.6. The minimum atomic E-state index is -0.755. The van der Waals surface area contributed by atoms with Gasteiger partial charge in [-0.3, -0.25) is 14.8 Å². The number of rotatable bonds is 3. The first-order valence-corrected chi connectivity index (χ1v) is 34.1. The highest BCUT2D eigenvalue weighted by molar-refractivity contribution is 9.10. The number of fused-ring (bicyclic) bond motifs is 10. The molecule has 0 radical (unpaired) electrons. The molecule has 3 spiro atoms. The van der Waals surface area contributed by atoms with Crippen LogP contribution in [0.25, 0.3) is 0 Å². The molecule has 4 heterocycles. The highest BCUT2D eigenvalue weighted by atomic mass is 79.9. The maximum Gasteiger partial charge on any atom is 0.302 e. The van der Waals surface area contributed by atoms with Crippen LogP contribution in [0.5, 0.6) is 17.2 Å². The maximum atomic E-state index is 11.5. The fourth-order valence-corrected chi connectivity index (χ4v) is 15.5. The van der Waals surface area contributed by atoms with Gasteiger partial charge in [0.25, 0.3) is 0 Å². The number of hydrogen-bond donors (Lipinski definition) is 2. The van der Waals surface area contributed by atoms with Gasteiger partial charge in [-0.1, -0.05) is 112 Å². The molecule has 5 atom stereocenters. The van der Waals surface area contributed by atoms with Crippen molar-refractivity contribution in [3.05, 3.63) is 209 Å². The summed E-state index contributed by atoms with van der Waals surface area (Å²) in [6, 6.07) is 46.9. The number of esters is 1. The SMILES string of the molecule is C.CC(=O)OC[C@@]1(C2OC(C)(C)C(C)(C)O2)CCCc2cc(Cl)ccc21.Cc1ccc2c(c1)CCC[C@@]21C=Nc2cc(Br)ccc2OC1.Cc1ccc2c(c1)CCC[C@@]21C=Nc2cc(C#N)ccc2OC1.Cc1ccc2c(c1)CCC[C@]21COc2ccc(C#N)cc2NC1O. The van der Waals surface area contributed by atoms with Crippen molar-refractivity contribution >= 4 is 63.0 Å². The highest BCUT2D eigenvalue weighted by Crippen LogP contribution is 2.52. The van der Waals surface area contributed by atoms with E-state index in [2.05, 4.69) is 115 Å². The van der Waals surface area contributed by atoms with E-state index in [1.807, 2.05) is 76.4 Å². The van der Waals surface area contributed by atoms with Gasteiger partial charge in [-0.25, -0.2) is 0 Å². The summed E-state index contributed by atoms with van der Waals surface area (Å²) in [5.41, 5.74) is 15.6. The number of hydrogen-bond acceptors (Lipinski definition) is 13. The zero-order valence-electron chi connectivity index (χ0n) is 55.1. The van der Waals surface area contributed by atoms with Crippen LogP contribution in [0.4, 0.5) is 17.1 Å². The molecule has 7 aromatic rings. The lowest BCUT2D eigenvalue weighted by Crippen LogP contribution is -2.49. The van der Waals surface area contributed by atoms with Gasteiger partial charge in [0.2, 0.25) is 0 Å². The number of carbonyl (C=O) groups excluding carboxylic acids is 1. The Bertz CT molecular complexity index is 4190. The number of nitrogens with zero attached hydrogens (tertiary/aromatic N) is 4. The molecule has 2 N–H and O–H groups in total. The Morgan fingerprint density at radius 1 is 0.600 bits per heavy atom. The number of nitrogens with one attached hydrogen (secondary N) is 1. The Morgan fingerprint density at radius 3 is 1.64 bits per heavy atom. The van der Waals surface area contributed by atoms with Gasteiger partial charge in [-0.15, -0.1) is 0 Å². The average molecular weight is 1360 g/mol. The smallest absolute Gasteiger partial charge is 0.302 e. The van der Waals surface area contributed by atoms with Crippen molar-refractivity contribution in [2.24, 2.45) is 9.98 Å². The third-order valence-corrected chi connectivity index (χ3v) is 21.5. The lowest BCUT2D eigenvalue weighted by molar-refractivity contribution is -0.167. The lowest BCUT2D eigenvalue weighted by atomic mass is 9.69. The lowest BCUT2D eigenvalue weighted by Gasteiger charge is -2.42. The molecule has 95 heavy (non-hydrogen) atoms. The number of carbonyl (C=O) groups is 1. The first-order chi connectivity index (χ1) is 45.1. The second-order valence-corrected chi connectivity index (χ2v) is 29.2. The number of halogens is 2. The fraction of sp³-hybridized carbons (Fsp3) is 0.412. The number of aliphatic imine (C=N–C) groups is 2. The molecule has 1 fully saturated rings. The van der Waals surface area contributed by atoms with E-state index >= 15 is 0 Å². The van der Waals surface area contributed by atoms with Gasteiger partial charge in [0.15, 0.2) is 6.29 Å². The number of benzene rings is 7. The molecule has 4 aliphatic heterocycles. The molecule has 0 bridgehead atoms. The van der Waals surface area contributed by atoms with Crippen LogP contribution in [0.15, 0.2) is 142 Å². The van der Waals surface area contributed by atoms with Gasteiger partial charge >= 0.3 is 5.97 Å². The molecule has 7 aromatic carbocycles. The van der Waals surface area contributed by atoms with Crippen molar-refractivity contribution in [3.63, 3.8) is 0 Å². The van der Waals surface area contributed by atoms with Crippen molar-refractivity contribution in [2.45, 2.75) is 185 Å². The molecule has 4 aliphatic carbocycles. The van der Waals surface area contributed by atoms with Gasteiger partial charge in [0, 0.05) is 28.8 Å². The van der Waals surface area contributed by atoms with E-state index in [-0.39, 0.29) is 30.8 Å². The Hall–Kier alpha value is -7.82. The topological polar surface area (TPSA) is 177 Å². The van der Waals surface area contributed by atoms with E-state index in [4.69, 9.17) is 60.5 Å². The summed E-state index contributed by atoms with van der Waals surface area (Å²) in [7, 11) is 0. The minimum Gasteiger partial charge on any atom is -0.490 e. The largest absolute Gasteiger partial charge is 0.490 e. The van der Waals surface area contributed by atoms with Crippen LogP contribution in [0.3, 0.4) is 0 Å². The Kier molecular flexibility index (Phi) is 20.0. The second kappa shape index (κ2) is 27.7. The molecular weight excluding hydrogens is 1270 g/mol. The molecule has 0 aromatic heterocycles. The molecule has 0 saturated carbocycles. The van der Waals surface area contributed by atoms with Gasteiger partial charge in [0.05, 0.1) is 61.8 Å². The van der Waals surface area contributed by atoms with Crippen molar-refractivity contribution < 1.29 is 38.3 Å². The summed E-state index contributed by atoms with van der Waals surface area (Å²) in [5.74, 6) is 2.02. The third kappa shape index (κ3) is 13.8. The number of anilines is 1. The van der Waals surface area contributed by atoms with Crippen LogP contribution in [0, 0.1) is 43.4 Å². The van der Waals surface area contributed by atoms with Crippen molar-refractivity contribution in [1.82, 2.24) is 0 Å². The van der Waals surface area contributed by atoms with Gasteiger partial charge < -0.3 is 38.8 Å². The number of aliphatic hydroxyl groups is 1. The zero-order valence-corrected chi connectivity index (χ0v) is 57.4. The van der Waals surface area contributed by atoms with Crippen LogP contribution in [0.1, 0.15) is 166 Å². The highest BCUT2D eigenvalue weighted by Gasteiger charge is 2.58. The Morgan fingerprint density at radius 2 is 1.07 bits per heavy atom. The maximum absolute atomic E-state index is 11.5. The van der Waals surface area contributed by atoms with E-state index < -0.39 is 34.6 Å². The van der Waals surface area contributed by atoms with Crippen LogP contribution >= 0.6 is 27.5 Å².